The smallest absolute Gasteiger partial charge is 0.196 e. The van der Waals surface area contributed by atoms with E-state index >= 15 is 0 Å². The van der Waals surface area contributed by atoms with Crippen LogP contribution in [0.1, 0.15) is 46.5 Å². The maximum absolute atomic E-state index is 13.1. The summed E-state index contributed by atoms with van der Waals surface area (Å²) in [7, 11) is 1.63. The van der Waals surface area contributed by atoms with E-state index in [1.54, 1.807) is 7.11 Å². The molecule has 2 aromatic heterocycles. The Bertz CT molecular complexity index is 1320. The number of nitrogens with zero attached hydrogens (tertiary/aromatic N) is 4. The van der Waals surface area contributed by atoms with E-state index in [4.69, 9.17) is 9.47 Å². The summed E-state index contributed by atoms with van der Waals surface area (Å²) >= 11 is 1.40. The van der Waals surface area contributed by atoms with E-state index in [0.29, 0.717) is 28.5 Å². The molecule has 5 rings (SSSR count). The van der Waals surface area contributed by atoms with Crippen molar-refractivity contribution in [1.29, 1.82) is 0 Å². The molecule has 2 aromatic carbocycles. The third kappa shape index (κ3) is 4.98. The molecule has 0 radical (unpaired) electrons. The Hall–Kier alpha value is -3.52. The van der Waals surface area contributed by atoms with Crippen LogP contribution < -0.4 is 9.47 Å². The Morgan fingerprint density at radius 2 is 1.74 bits per heavy atom. The molecular formula is C27H28N4O3S. The van der Waals surface area contributed by atoms with Crippen LogP contribution in [0.15, 0.2) is 65.8 Å². The first kappa shape index (κ1) is 23.2. The number of aromatic nitrogens is 4. The van der Waals surface area contributed by atoms with Gasteiger partial charge in [0.1, 0.15) is 18.1 Å². The standard InChI is InChI=1S/C27H28N4O3S/c1-18-15-24(19(2)30(18)21-9-10-21)25(32)17-35-27-29-28-26(31(27)20-7-5-4-6-8-20)16-34-23-13-11-22(33-3)12-14-23/h4-8,11-15,21H,9-10,16-17H2,1-3H3. The van der Waals surface area contributed by atoms with Crippen LogP contribution >= 0.6 is 11.8 Å². The minimum Gasteiger partial charge on any atom is -0.497 e. The molecule has 180 valence electrons. The molecule has 0 unspecified atom stereocenters. The number of carbonyl (C=O) groups excluding carboxylic acids is 1. The summed E-state index contributed by atoms with van der Waals surface area (Å²) in [6.07, 6.45) is 2.39. The highest BCUT2D eigenvalue weighted by Gasteiger charge is 2.28. The summed E-state index contributed by atoms with van der Waals surface area (Å²) in [4.78, 5) is 13.1. The molecule has 1 fully saturated rings. The number of ketones is 1. The number of methoxy groups -OCH3 is 1. The van der Waals surface area contributed by atoms with Crippen LogP contribution in [0.3, 0.4) is 0 Å². The summed E-state index contributed by atoms with van der Waals surface area (Å²) in [6, 6.07) is 19.9. The molecule has 0 N–H and O–H groups in total. The molecule has 0 atom stereocenters. The minimum atomic E-state index is 0.105. The van der Waals surface area contributed by atoms with Gasteiger partial charge in [0.2, 0.25) is 0 Å². The molecular weight excluding hydrogens is 460 g/mol. The van der Waals surface area contributed by atoms with E-state index in [1.807, 2.05) is 72.2 Å². The van der Waals surface area contributed by atoms with Gasteiger partial charge in [-0.15, -0.1) is 10.2 Å². The van der Waals surface area contributed by atoms with Gasteiger partial charge in [-0.1, -0.05) is 30.0 Å². The number of rotatable bonds is 10. The Balaban J connectivity index is 1.34. The molecule has 0 aliphatic heterocycles. The first-order valence-electron chi connectivity index (χ1n) is 11.7. The lowest BCUT2D eigenvalue weighted by Gasteiger charge is -2.11. The van der Waals surface area contributed by atoms with E-state index in [0.717, 1.165) is 28.4 Å². The van der Waals surface area contributed by atoms with Crippen LogP contribution in [0.25, 0.3) is 5.69 Å². The summed E-state index contributed by atoms with van der Waals surface area (Å²) in [6.45, 7) is 4.37. The summed E-state index contributed by atoms with van der Waals surface area (Å²) in [5.74, 6) is 2.54. The van der Waals surface area contributed by atoms with Crippen molar-refractivity contribution in [3.8, 4) is 17.2 Å². The van der Waals surface area contributed by atoms with E-state index in [9.17, 15) is 4.79 Å². The highest BCUT2D eigenvalue weighted by molar-refractivity contribution is 7.99. The van der Waals surface area contributed by atoms with E-state index in [2.05, 4.69) is 21.7 Å². The SMILES string of the molecule is COc1ccc(OCc2nnc(SCC(=O)c3cc(C)n(C4CC4)c3C)n2-c2ccccc2)cc1. The fourth-order valence-corrected chi connectivity index (χ4v) is 5.16. The molecule has 8 heteroatoms. The van der Waals surface area contributed by atoms with Crippen molar-refractivity contribution < 1.29 is 14.3 Å². The summed E-state index contributed by atoms with van der Waals surface area (Å²) in [5.41, 5.74) is 3.95. The van der Waals surface area contributed by atoms with E-state index < -0.39 is 0 Å². The van der Waals surface area contributed by atoms with Gasteiger partial charge in [0.05, 0.1) is 12.9 Å². The normalized spacial score (nSPS) is 13.1. The lowest BCUT2D eigenvalue weighted by molar-refractivity contribution is 0.102. The van der Waals surface area contributed by atoms with Crippen LogP contribution in [0.2, 0.25) is 0 Å². The van der Waals surface area contributed by atoms with Crippen LogP contribution in [0, 0.1) is 13.8 Å². The predicted molar refractivity (Wildman–Crippen MR) is 136 cm³/mol. The number of Topliss-reactive ketones (excluding diaryl/α,β-unsaturated/α-hetero) is 1. The molecule has 1 aliphatic carbocycles. The second kappa shape index (κ2) is 10.00. The lowest BCUT2D eigenvalue weighted by Crippen LogP contribution is -2.09. The molecule has 1 aliphatic rings. The largest absolute Gasteiger partial charge is 0.497 e. The van der Waals surface area contributed by atoms with Gasteiger partial charge in [-0.25, -0.2) is 0 Å². The van der Waals surface area contributed by atoms with E-state index in [1.165, 1.54) is 24.6 Å². The van der Waals surface area contributed by atoms with Crippen LogP contribution in [-0.2, 0) is 6.61 Å². The maximum Gasteiger partial charge on any atom is 0.196 e. The first-order chi connectivity index (χ1) is 17.0. The number of thioether (sulfide) groups is 1. The van der Waals surface area contributed by atoms with Gasteiger partial charge >= 0.3 is 0 Å². The zero-order valence-electron chi connectivity index (χ0n) is 20.1. The van der Waals surface area contributed by atoms with Crippen molar-refractivity contribution in [3.63, 3.8) is 0 Å². The molecule has 2 heterocycles. The number of ether oxygens (including phenoxy) is 2. The highest BCUT2D eigenvalue weighted by Crippen LogP contribution is 2.38. The van der Waals surface area contributed by atoms with Crippen LogP contribution in [0.5, 0.6) is 11.5 Å². The fraction of sp³-hybridized carbons (Fsp3) is 0.296. The Morgan fingerprint density at radius 1 is 1.03 bits per heavy atom. The van der Waals surface area contributed by atoms with Crippen molar-refractivity contribution in [3.05, 3.63) is 83.4 Å². The molecule has 0 bridgehead atoms. The fourth-order valence-electron chi connectivity index (χ4n) is 4.31. The van der Waals surface area contributed by atoms with Gasteiger partial charge in [0.25, 0.3) is 0 Å². The molecule has 7 nitrogen and oxygen atoms in total. The number of hydrogen-bond acceptors (Lipinski definition) is 6. The number of benzene rings is 2. The Kier molecular flexibility index (Phi) is 6.63. The second-order valence-electron chi connectivity index (χ2n) is 8.63. The van der Waals surface area contributed by atoms with Crippen LogP contribution in [-0.4, -0.2) is 38.0 Å². The summed E-state index contributed by atoms with van der Waals surface area (Å²) < 4.78 is 15.4. The van der Waals surface area contributed by atoms with Gasteiger partial charge < -0.3 is 14.0 Å². The topological polar surface area (TPSA) is 71.2 Å². The third-order valence-corrected chi connectivity index (χ3v) is 7.10. The minimum absolute atomic E-state index is 0.105. The first-order valence-corrected chi connectivity index (χ1v) is 12.6. The van der Waals surface area contributed by atoms with E-state index in [-0.39, 0.29) is 12.4 Å². The van der Waals surface area contributed by atoms with Crippen molar-refractivity contribution >= 4 is 17.5 Å². The van der Waals surface area contributed by atoms with Crippen molar-refractivity contribution in [2.24, 2.45) is 0 Å². The highest BCUT2D eigenvalue weighted by atomic mass is 32.2. The van der Waals surface area contributed by atoms with Gasteiger partial charge in [-0.3, -0.25) is 9.36 Å². The van der Waals surface area contributed by atoms with Crippen LogP contribution in [0.4, 0.5) is 0 Å². The zero-order chi connectivity index (χ0) is 24.4. The summed E-state index contributed by atoms with van der Waals surface area (Å²) in [5, 5.41) is 9.45. The van der Waals surface area contributed by atoms with Gasteiger partial charge in [0, 0.05) is 28.7 Å². The molecule has 0 spiro atoms. The molecule has 0 saturated heterocycles. The number of hydrogen-bond donors (Lipinski definition) is 0. The third-order valence-electron chi connectivity index (χ3n) is 6.17. The second-order valence-corrected chi connectivity index (χ2v) is 9.57. The Labute approximate surface area is 209 Å². The monoisotopic (exact) mass is 488 g/mol. The van der Waals surface area contributed by atoms with Gasteiger partial charge in [-0.05, 0) is 69.2 Å². The van der Waals surface area contributed by atoms with Gasteiger partial charge in [0.15, 0.2) is 16.8 Å². The lowest BCUT2D eigenvalue weighted by atomic mass is 10.2. The number of aryl methyl sites for hydroxylation is 1. The molecule has 4 aromatic rings. The molecule has 35 heavy (non-hydrogen) atoms. The predicted octanol–water partition coefficient (Wildman–Crippen LogP) is 5.58. The number of para-hydroxylation sites is 1. The van der Waals surface area contributed by atoms with Crippen molar-refractivity contribution in [2.45, 2.75) is 44.5 Å². The number of carbonyl (C=O) groups is 1. The van der Waals surface area contributed by atoms with Crippen molar-refractivity contribution in [2.75, 3.05) is 12.9 Å². The maximum atomic E-state index is 13.1. The average Bonchev–Trinajstić information content (AvgIpc) is 3.56. The quantitative estimate of drug-likeness (QED) is 0.214. The zero-order valence-corrected chi connectivity index (χ0v) is 20.9. The molecule has 1 saturated carbocycles. The van der Waals surface area contributed by atoms with Gasteiger partial charge in [-0.2, -0.15) is 0 Å². The average molecular weight is 489 g/mol. The Morgan fingerprint density at radius 3 is 2.43 bits per heavy atom. The van der Waals surface area contributed by atoms with Crippen molar-refractivity contribution in [1.82, 2.24) is 19.3 Å². The molecule has 0 amide bonds.